The van der Waals surface area contributed by atoms with Crippen molar-refractivity contribution in [1.29, 1.82) is 0 Å². The highest BCUT2D eigenvalue weighted by atomic mass is 28.3. The number of anilines is 2. The van der Waals surface area contributed by atoms with E-state index in [-0.39, 0.29) is 10.8 Å². The summed E-state index contributed by atoms with van der Waals surface area (Å²) < 4.78 is 11.7. The van der Waals surface area contributed by atoms with Gasteiger partial charge in [0.05, 0.1) is 35.8 Å². The summed E-state index contributed by atoms with van der Waals surface area (Å²) >= 11 is 0. The summed E-state index contributed by atoms with van der Waals surface area (Å²) in [7, 11) is -1.73. The van der Waals surface area contributed by atoms with Crippen LogP contribution in [0, 0.1) is 0 Å². The van der Waals surface area contributed by atoms with Crippen LogP contribution < -0.4 is 14.8 Å². The van der Waals surface area contributed by atoms with Gasteiger partial charge in [0.15, 0.2) is 0 Å². The molecule has 0 atom stereocenters. The lowest BCUT2D eigenvalue weighted by molar-refractivity contribution is 0.482. The van der Waals surface area contributed by atoms with Gasteiger partial charge < -0.3 is 14.2 Å². The lowest BCUT2D eigenvalue weighted by atomic mass is 9.85. The van der Waals surface area contributed by atoms with E-state index in [0.717, 1.165) is 45.0 Å². The lowest BCUT2D eigenvalue weighted by Gasteiger charge is -2.26. The maximum Gasteiger partial charge on any atom is 0.138 e. The van der Waals surface area contributed by atoms with E-state index in [1.807, 2.05) is 18.5 Å². The molecule has 0 saturated heterocycles. The Hall–Kier alpha value is -7.74. The van der Waals surface area contributed by atoms with Crippen LogP contribution in [0.1, 0.15) is 52.7 Å². The molecule has 7 heteroatoms. The molecule has 0 radical (unpaired) electrons. The van der Waals surface area contributed by atoms with Gasteiger partial charge in [0.1, 0.15) is 29.8 Å². The van der Waals surface area contributed by atoms with Crippen LogP contribution in [0.5, 0.6) is 11.5 Å². The minimum absolute atomic E-state index is 0.0230. The SMILES string of the molecule is CC(C)(C)c1cc(-c2cccc3c4ccccc4c4ccccc4c4cccc5c4n(c23)CN5c2cc(Oc3ccc4c5ccccc5n(-c5cc(C(C)(C)C)ccn5)c4c3)ccn2)cc([Si](C)(C)C)c1. The van der Waals surface area contributed by atoms with Gasteiger partial charge in [0.25, 0.3) is 0 Å². The minimum Gasteiger partial charge on any atom is -0.457 e. The van der Waals surface area contributed by atoms with E-state index in [1.165, 1.54) is 70.7 Å². The van der Waals surface area contributed by atoms with E-state index >= 15 is 0 Å². The fourth-order valence-corrected chi connectivity index (χ4v) is 11.9. The highest BCUT2D eigenvalue weighted by Gasteiger charge is 2.28. The molecule has 4 aromatic heterocycles. The predicted molar refractivity (Wildman–Crippen MR) is 303 cm³/mol. The quantitative estimate of drug-likeness (QED) is 0.156. The van der Waals surface area contributed by atoms with Crippen LogP contribution in [0.2, 0.25) is 19.6 Å². The maximum absolute atomic E-state index is 6.87. The molecule has 11 aromatic rings. The molecule has 0 bridgehead atoms. The van der Waals surface area contributed by atoms with Crippen LogP contribution in [-0.4, -0.2) is 27.2 Å². The molecule has 7 aromatic carbocycles. The Balaban J connectivity index is 1.06. The summed E-state index contributed by atoms with van der Waals surface area (Å²) in [4.78, 5) is 12.4. The molecule has 0 N–H and O–H groups in total. The van der Waals surface area contributed by atoms with Gasteiger partial charge in [-0.25, -0.2) is 9.97 Å². The first kappa shape index (κ1) is 44.5. The Kier molecular flexibility index (Phi) is 10.3. The molecule has 350 valence electrons. The molecule has 0 fully saturated rings. The monoisotopic (exact) mass is 941 g/mol. The first-order valence-electron chi connectivity index (χ1n) is 24.9. The van der Waals surface area contributed by atoms with Crippen LogP contribution in [-0.2, 0) is 17.5 Å². The third-order valence-electron chi connectivity index (χ3n) is 14.6. The van der Waals surface area contributed by atoms with Gasteiger partial charge >= 0.3 is 0 Å². The number of aromatic nitrogens is 4. The lowest BCUT2D eigenvalue weighted by Crippen LogP contribution is -2.38. The molecule has 0 aliphatic carbocycles. The number of para-hydroxylation sites is 3. The zero-order chi connectivity index (χ0) is 49.0. The van der Waals surface area contributed by atoms with E-state index < -0.39 is 8.07 Å². The van der Waals surface area contributed by atoms with Crippen molar-refractivity contribution in [3.8, 4) is 28.4 Å². The summed E-state index contributed by atoms with van der Waals surface area (Å²) in [5.41, 5.74) is 10.6. The topological polar surface area (TPSA) is 48.1 Å². The third kappa shape index (κ3) is 7.62. The fraction of sp³-hybridized carbons (Fsp3) is 0.188. The molecule has 0 amide bonds. The van der Waals surface area contributed by atoms with Crippen molar-refractivity contribution >= 4 is 89.9 Å². The third-order valence-corrected chi connectivity index (χ3v) is 16.6. The Morgan fingerprint density at radius 2 is 1.04 bits per heavy atom. The average molecular weight is 942 g/mol. The molecule has 5 heterocycles. The van der Waals surface area contributed by atoms with E-state index in [9.17, 15) is 0 Å². The number of hydrogen-bond donors (Lipinski definition) is 0. The molecular weight excluding hydrogens is 883 g/mol. The van der Waals surface area contributed by atoms with E-state index in [0.29, 0.717) is 12.4 Å². The van der Waals surface area contributed by atoms with Crippen molar-refractivity contribution in [3.63, 3.8) is 0 Å². The number of benzene rings is 7. The number of pyridine rings is 2. The zero-order valence-corrected chi connectivity index (χ0v) is 43.2. The smallest absolute Gasteiger partial charge is 0.138 e. The van der Waals surface area contributed by atoms with Gasteiger partial charge in [-0.05, 0) is 91.5 Å². The van der Waals surface area contributed by atoms with Crippen molar-refractivity contribution < 1.29 is 4.74 Å². The first-order chi connectivity index (χ1) is 34.1. The van der Waals surface area contributed by atoms with Crippen LogP contribution in [0.4, 0.5) is 11.5 Å². The number of ether oxygens (including phenoxy) is 1. The fourth-order valence-electron chi connectivity index (χ4n) is 10.8. The van der Waals surface area contributed by atoms with Crippen molar-refractivity contribution in [2.45, 2.75) is 78.7 Å². The van der Waals surface area contributed by atoms with E-state index in [4.69, 9.17) is 14.7 Å². The van der Waals surface area contributed by atoms with Gasteiger partial charge in [0.2, 0.25) is 0 Å². The Morgan fingerprint density at radius 3 is 1.73 bits per heavy atom. The van der Waals surface area contributed by atoms with Crippen LogP contribution in [0.3, 0.4) is 0 Å². The first-order valence-corrected chi connectivity index (χ1v) is 28.4. The zero-order valence-electron chi connectivity index (χ0n) is 42.2. The van der Waals surface area contributed by atoms with Crippen molar-refractivity contribution in [3.05, 3.63) is 193 Å². The second-order valence-electron chi connectivity index (χ2n) is 22.4. The molecular formula is C64H59N5OSi. The summed E-state index contributed by atoms with van der Waals surface area (Å²) in [6.07, 6.45) is 3.80. The van der Waals surface area contributed by atoms with Crippen molar-refractivity contribution in [1.82, 2.24) is 19.1 Å². The summed E-state index contributed by atoms with van der Waals surface area (Å²) in [6.45, 7) is 21.7. The Morgan fingerprint density at radius 1 is 0.465 bits per heavy atom. The van der Waals surface area contributed by atoms with Crippen LogP contribution in [0.15, 0.2) is 182 Å². The molecule has 12 rings (SSSR count). The summed E-state index contributed by atoms with van der Waals surface area (Å²) in [6, 6.07) is 62.3. The van der Waals surface area contributed by atoms with Crippen LogP contribution in [0.25, 0.3) is 82.1 Å². The molecule has 0 spiro atoms. The number of rotatable bonds is 6. The van der Waals surface area contributed by atoms with Gasteiger partial charge in [0, 0.05) is 51.6 Å². The average Bonchev–Trinajstić information content (AvgIpc) is 3.92. The Bertz CT molecular complexity index is 4000. The second-order valence-corrected chi connectivity index (χ2v) is 27.5. The van der Waals surface area contributed by atoms with E-state index in [1.54, 1.807) is 0 Å². The normalized spacial score (nSPS) is 13.1. The standard InChI is InChI=1S/C64H59N5OSi/c1-63(2,3)42-30-32-66-60(37-42)69-56-26-15-14-22-52(56)53-29-28-44(38-58(53)69)70-45-31-33-65-59(39-45)67-40-68-61-47(41-34-43(64(4,5)6)36-46(35-41)71(7,8)9)23-16-24-54(61)50-20-12-10-18-48(50)49-19-11-13-21-51(49)55-25-17-27-57(67)62(55)68/h10-39H,40H2,1-9H3. The number of nitrogens with zero attached hydrogens (tertiary/aromatic N) is 5. The van der Waals surface area contributed by atoms with Gasteiger partial charge in [-0.2, -0.15) is 0 Å². The molecule has 0 unspecified atom stereocenters. The van der Waals surface area contributed by atoms with Crippen molar-refractivity contribution in [2.75, 3.05) is 4.90 Å². The van der Waals surface area contributed by atoms with Gasteiger partial charge in [-0.15, -0.1) is 0 Å². The molecule has 1 aliphatic rings. The highest BCUT2D eigenvalue weighted by Crippen LogP contribution is 2.45. The van der Waals surface area contributed by atoms with Gasteiger partial charge in [-0.3, -0.25) is 4.57 Å². The predicted octanol–water partition coefficient (Wildman–Crippen LogP) is 16.8. The molecule has 71 heavy (non-hydrogen) atoms. The minimum atomic E-state index is -1.73. The second kappa shape index (κ2) is 16.4. The van der Waals surface area contributed by atoms with E-state index in [2.05, 4.69) is 239 Å². The van der Waals surface area contributed by atoms with Crippen molar-refractivity contribution in [2.24, 2.45) is 0 Å². The molecule has 1 aliphatic heterocycles. The van der Waals surface area contributed by atoms with Gasteiger partial charge in [-0.1, -0.05) is 182 Å². The number of fused-ring (bicyclic) bond motifs is 10. The Labute approximate surface area is 417 Å². The molecule has 0 saturated carbocycles. The number of hydrogen-bond acceptors (Lipinski definition) is 4. The largest absolute Gasteiger partial charge is 0.457 e. The summed E-state index contributed by atoms with van der Waals surface area (Å²) in [5, 5.41) is 11.0. The maximum atomic E-state index is 6.87. The highest BCUT2D eigenvalue weighted by molar-refractivity contribution is 6.88. The summed E-state index contributed by atoms with van der Waals surface area (Å²) in [5.74, 6) is 3.14. The van der Waals surface area contributed by atoms with Crippen LogP contribution >= 0.6 is 0 Å². The molecule has 6 nitrogen and oxygen atoms in total.